The number of hydrogen-bond acceptors (Lipinski definition) is 3. The Hall–Kier alpha value is -2.75. The van der Waals surface area contributed by atoms with Gasteiger partial charge in [-0.1, -0.05) is 30.9 Å². The van der Waals surface area contributed by atoms with E-state index in [4.69, 9.17) is 0 Å². The highest BCUT2D eigenvalue weighted by molar-refractivity contribution is 5.79. The fourth-order valence-electron chi connectivity index (χ4n) is 3.14. The lowest BCUT2D eigenvalue weighted by Crippen LogP contribution is -2.21. The molecular weight excluding hydrogens is 339 g/mol. The van der Waals surface area contributed by atoms with Crippen molar-refractivity contribution >= 4 is 11.6 Å². The second-order valence-corrected chi connectivity index (χ2v) is 6.81. The van der Waals surface area contributed by atoms with Gasteiger partial charge < -0.3 is 4.90 Å². The van der Waals surface area contributed by atoms with Crippen molar-refractivity contribution in [3.8, 4) is 0 Å². The van der Waals surface area contributed by atoms with Gasteiger partial charge in [-0.2, -0.15) is 0 Å². The SMILES string of the molecule is C=C/C(CC(C)=O)=C(/CCc1cccc(C)c1C)N(C)c1ccc(F)cn1. The number of allylic oxidation sites excluding steroid dienone is 3. The first-order chi connectivity index (χ1) is 12.8. The molecule has 0 atom stereocenters. The first-order valence-electron chi connectivity index (χ1n) is 9.07. The van der Waals surface area contributed by atoms with Crippen molar-refractivity contribution in [3.63, 3.8) is 0 Å². The van der Waals surface area contributed by atoms with Crippen molar-refractivity contribution in [2.45, 2.75) is 40.0 Å². The average Bonchev–Trinajstić information content (AvgIpc) is 2.64. The summed E-state index contributed by atoms with van der Waals surface area (Å²) in [4.78, 5) is 17.8. The third kappa shape index (κ3) is 5.36. The van der Waals surface area contributed by atoms with Crippen LogP contribution in [-0.4, -0.2) is 17.8 Å². The summed E-state index contributed by atoms with van der Waals surface area (Å²) in [6.45, 7) is 9.70. The lowest BCUT2D eigenvalue weighted by atomic mass is 9.96. The van der Waals surface area contributed by atoms with E-state index in [1.165, 1.54) is 29.0 Å². The summed E-state index contributed by atoms with van der Waals surface area (Å²) in [7, 11) is 1.89. The number of pyridine rings is 1. The number of anilines is 1. The number of rotatable bonds is 8. The van der Waals surface area contributed by atoms with Crippen LogP contribution in [0.5, 0.6) is 0 Å². The highest BCUT2D eigenvalue weighted by Gasteiger charge is 2.15. The lowest BCUT2D eigenvalue weighted by molar-refractivity contribution is -0.116. The number of Topliss-reactive ketones (excluding diaryl/α,β-unsaturated/α-hetero) is 1. The van der Waals surface area contributed by atoms with Gasteiger partial charge in [-0.05, 0) is 68.0 Å². The first kappa shape index (κ1) is 20.6. The summed E-state index contributed by atoms with van der Waals surface area (Å²) >= 11 is 0. The molecular formula is C23H27FN2O. The van der Waals surface area contributed by atoms with E-state index in [9.17, 15) is 9.18 Å². The number of ketones is 1. The van der Waals surface area contributed by atoms with E-state index in [2.05, 4.69) is 43.6 Å². The summed E-state index contributed by atoms with van der Waals surface area (Å²) in [5.41, 5.74) is 5.67. The maximum atomic E-state index is 13.2. The van der Waals surface area contributed by atoms with E-state index in [1.807, 2.05) is 11.9 Å². The molecule has 0 spiro atoms. The third-order valence-electron chi connectivity index (χ3n) is 4.86. The molecule has 3 nitrogen and oxygen atoms in total. The Kier molecular flexibility index (Phi) is 7.05. The van der Waals surface area contributed by atoms with Crippen molar-refractivity contribution in [2.24, 2.45) is 0 Å². The molecule has 2 rings (SSSR count). The van der Waals surface area contributed by atoms with E-state index in [-0.39, 0.29) is 11.6 Å². The molecule has 0 amide bonds. The minimum atomic E-state index is -0.374. The van der Waals surface area contributed by atoms with E-state index < -0.39 is 0 Å². The summed E-state index contributed by atoms with van der Waals surface area (Å²) in [5, 5.41) is 0. The molecule has 0 aliphatic rings. The number of nitrogens with zero attached hydrogens (tertiary/aromatic N) is 2. The highest BCUT2D eigenvalue weighted by atomic mass is 19.1. The molecule has 0 saturated heterocycles. The van der Waals surface area contributed by atoms with Crippen molar-refractivity contribution in [2.75, 3.05) is 11.9 Å². The van der Waals surface area contributed by atoms with Crippen molar-refractivity contribution in [3.05, 3.63) is 83.0 Å². The minimum Gasteiger partial charge on any atom is -0.333 e. The Balaban J connectivity index is 2.38. The van der Waals surface area contributed by atoms with E-state index in [0.29, 0.717) is 12.2 Å². The van der Waals surface area contributed by atoms with Crippen LogP contribution in [0.4, 0.5) is 10.2 Å². The predicted octanol–water partition coefficient (Wildman–Crippen LogP) is 5.33. The molecule has 0 aliphatic heterocycles. The topological polar surface area (TPSA) is 33.2 Å². The lowest BCUT2D eigenvalue weighted by Gasteiger charge is -2.25. The fourth-order valence-corrected chi connectivity index (χ4v) is 3.14. The molecule has 1 aromatic carbocycles. The molecule has 0 N–H and O–H groups in total. The van der Waals surface area contributed by atoms with Crippen LogP contribution in [0.2, 0.25) is 0 Å². The monoisotopic (exact) mass is 366 g/mol. The molecule has 142 valence electrons. The van der Waals surface area contributed by atoms with Crippen molar-refractivity contribution in [1.29, 1.82) is 0 Å². The number of aryl methyl sites for hydroxylation is 2. The molecule has 4 heteroatoms. The summed E-state index contributed by atoms with van der Waals surface area (Å²) < 4.78 is 13.2. The second-order valence-electron chi connectivity index (χ2n) is 6.81. The predicted molar refractivity (Wildman–Crippen MR) is 109 cm³/mol. The van der Waals surface area contributed by atoms with Gasteiger partial charge in [0, 0.05) is 19.2 Å². The van der Waals surface area contributed by atoms with Crippen LogP contribution >= 0.6 is 0 Å². The first-order valence-corrected chi connectivity index (χ1v) is 9.07. The third-order valence-corrected chi connectivity index (χ3v) is 4.86. The van der Waals surface area contributed by atoms with Gasteiger partial charge >= 0.3 is 0 Å². The maximum Gasteiger partial charge on any atom is 0.141 e. The summed E-state index contributed by atoms with van der Waals surface area (Å²) in [5.74, 6) is 0.339. The average molecular weight is 366 g/mol. The van der Waals surface area contributed by atoms with Crippen LogP contribution in [-0.2, 0) is 11.2 Å². The number of carbonyl (C=O) groups excluding carboxylic acids is 1. The van der Waals surface area contributed by atoms with Crippen LogP contribution in [0.3, 0.4) is 0 Å². The number of benzene rings is 1. The van der Waals surface area contributed by atoms with Gasteiger partial charge in [-0.3, -0.25) is 4.79 Å². The van der Waals surface area contributed by atoms with Gasteiger partial charge in [0.25, 0.3) is 0 Å². The number of halogens is 1. The van der Waals surface area contributed by atoms with Gasteiger partial charge in [0.05, 0.1) is 6.20 Å². The van der Waals surface area contributed by atoms with Gasteiger partial charge in [-0.15, -0.1) is 0 Å². The standard InChI is InChI=1S/C23H27FN2O/c1-6-19(14-17(3)27)22(26(5)23-13-11-21(24)15-25-23)12-10-20-9-7-8-16(2)18(20)4/h6-9,11,13,15H,1,10,12,14H2,2-5H3/b22-19+. The molecule has 2 aromatic rings. The Labute approximate surface area is 161 Å². The molecule has 0 radical (unpaired) electrons. The van der Waals surface area contributed by atoms with Gasteiger partial charge in [0.15, 0.2) is 0 Å². The summed E-state index contributed by atoms with van der Waals surface area (Å²) in [6, 6.07) is 9.33. The van der Waals surface area contributed by atoms with Gasteiger partial charge in [0.1, 0.15) is 17.4 Å². The van der Waals surface area contributed by atoms with Crippen molar-refractivity contribution in [1.82, 2.24) is 4.98 Å². The molecule has 0 unspecified atom stereocenters. The molecule has 0 fully saturated rings. The minimum absolute atomic E-state index is 0.0783. The zero-order valence-corrected chi connectivity index (χ0v) is 16.6. The number of aromatic nitrogens is 1. The van der Waals surface area contributed by atoms with Gasteiger partial charge in [0.2, 0.25) is 0 Å². The maximum absolute atomic E-state index is 13.2. The van der Waals surface area contributed by atoms with Crippen molar-refractivity contribution < 1.29 is 9.18 Å². The molecule has 0 saturated carbocycles. The number of carbonyl (C=O) groups is 1. The quantitative estimate of drug-likeness (QED) is 0.592. The Morgan fingerprint density at radius 1 is 1.26 bits per heavy atom. The fraction of sp³-hybridized carbons (Fsp3) is 0.304. The molecule has 1 heterocycles. The van der Waals surface area contributed by atoms with E-state index >= 15 is 0 Å². The molecule has 27 heavy (non-hydrogen) atoms. The Morgan fingerprint density at radius 3 is 2.59 bits per heavy atom. The molecule has 0 bridgehead atoms. The Bertz CT molecular complexity index is 853. The molecule has 1 aromatic heterocycles. The normalized spacial score (nSPS) is 11.7. The van der Waals surface area contributed by atoms with Gasteiger partial charge in [-0.25, -0.2) is 9.37 Å². The van der Waals surface area contributed by atoms with E-state index in [1.54, 1.807) is 19.1 Å². The zero-order valence-electron chi connectivity index (χ0n) is 16.6. The van der Waals surface area contributed by atoms with Crippen LogP contribution in [0, 0.1) is 19.7 Å². The zero-order chi connectivity index (χ0) is 20.0. The van der Waals surface area contributed by atoms with Crippen LogP contribution < -0.4 is 4.90 Å². The smallest absolute Gasteiger partial charge is 0.141 e. The van der Waals surface area contributed by atoms with Crippen LogP contribution in [0.1, 0.15) is 36.5 Å². The largest absolute Gasteiger partial charge is 0.333 e. The van der Waals surface area contributed by atoms with Crippen LogP contribution in [0.25, 0.3) is 0 Å². The van der Waals surface area contributed by atoms with Crippen LogP contribution in [0.15, 0.2) is 60.5 Å². The number of hydrogen-bond donors (Lipinski definition) is 0. The molecule has 0 aliphatic carbocycles. The summed E-state index contributed by atoms with van der Waals surface area (Å²) in [6.07, 6.45) is 4.82. The van der Waals surface area contributed by atoms with E-state index in [0.717, 1.165) is 24.1 Å². The Morgan fingerprint density at radius 2 is 2.00 bits per heavy atom. The highest BCUT2D eigenvalue weighted by Crippen LogP contribution is 2.25. The second kappa shape index (κ2) is 9.26.